The molecule has 0 heterocycles. The molecule has 7 unspecified atom stereocenters. The van der Waals surface area contributed by atoms with Gasteiger partial charge in [0, 0.05) is 16.7 Å². The molecule has 10 heteroatoms. The Balaban J connectivity index is 1.74. The van der Waals surface area contributed by atoms with Crippen molar-refractivity contribution in [2.75, 3.05) is 6.61 Å². The third-order valence-electron chi connectivity index (χ3n) is 9.01. The van der Waals surface area contributed by atoms with Crippen LogP contribution >= 0.6 is 7.82 Å². The summed E-state index contributed by atoms with van der Waals surface area (Å²) in [4.78, 5) is 42.8. The van der Waals surface area contributed by atoms with Gasteiger partial charge in [-0.05, 0) is 56.6 Å². The van der Waals surface area contributed by atoms with E-state index in [9.17, 15) is 24.4 Å². The lowest BCUT2D eigenvalue weighted by atomic mass is 9.44. The van der Waals surface area contributed by atoms with E-state index < -0.39 is 66.2 Å². The largest absolute Gasteiger partial charge is 0.470 e. The number of carbonyl (C=O) groups excluding carboxylic acids is 2. The van der Waals surface area contributed by atoms with E-state index in [2.05, 4.69) is 4.52 Å². The molecular formula is C22H30FO8P. The van der Waals surface area contributed by atoms with Crippen molar-refractivity contribution in [2.24, 2.45) is 28.6 Å². The highest BCUT2D eigenvalue weighted by Gasteiger charge is 2.75. The Labute approximate surface area is 185 Å². The molecule has 0 radical (unpaired) electrons. The van der Waals surface area contributed by atoms with E-state index in [0.717, 1.165) is 0 Å². The molecule has 0 saturated heterocycles. The molecule has 4 rings (SSSR count). The van der Waals surface area contributed by atoms with Crippen LogP contribution in [0.1, 0.15) is 46.5 Å². The number of Topliss-reactive ketones (excluding diaryl/α,β-unsaturated/α-hetero) is 1. The normalized spacial score (nSPS) is 48.0. The van der Waals surface area contributed by atoms with E-state index in [4.69, 9.17) is 9.79 Å². The van der Waals surface area contributed by atoms with Gasteiger partial charge in [0.2, 0.25) is 0 Å². The predicted octanol–water partition coefficient (Wildman–Crippen LogP) is 2.01. The van der Waals surface area contributed by atoms with Crippen molar-refractivity contribution in [3.8, 4) is 0 Å². The van der Waals surface area contributed by atoms with E-state index in [-0.39, 0.29) is 12.2 Å². The molecule has 0 aromatic carbocycles. The van der Waals surface area contributed by atoms with Crippen molar-refractivity contribution in [3.63, 3.8) is 0 Å². The van der Waals surface area contributed by atoms with Crippen LogP contribution in [0.5, 0.6) is 0 Å². The second kappa shape index (κ2) is 7.14. The standard InChI is InChI=1S/C22H30FO8P/c1-12-8-16-15-5-4-13-9-14(24)6-7-19(13,2)21(15,23)17(25)10-20(16,3)22(12,27)18(26)11-31-32(28,29)30/h6-7,9,12,15-17,25,27H,4-5,8,10-11H2,1-3H3,(H2,28,29,30)/t12?,15?,16?,17?,19?,20?,21-,22?/m0/s1. The molecule has 3 fully saturated rings. The number of rotatable bonds is 4. The van der Waals surface area contributed by atoms with Gasteiger partial charge in [-0.3, -0.25) is 14.1 Å². The van der Waals surface area contributed by atoms with Gasteiger partial charge in [0.25, 0.3) is 0 Å². The zero-order valence-corrected chi connectivity index (χ0v) is 19.2. The van der Waals surface area contributed by atoms with Crippen molar-refractivity contribution >= 4 is 19.4 Å². The van der Waals surface area contributed by atoms with Crippen molar-refractivity contribution in [1.29, 1.82) is 0 Å². The summed E-state index contributed by atoms with van der Waals surface area (Å²) >= 11 is 0. The van der Waals surface area contributed by atoms with Gasteiger partial charge < -0.3 is 20.0 Å². The average Bonchev–Trinajstić information content (AvgIpc) is 2.89. The van der Waals surface area contributed by atoms with Crippen LogP contribution in [0.25, 0.3) is 0 Å². The first kappa shape index (κ1) is 23.9. The van der Waals surface area contributed by atoms with Gasteiger partial charge in [0.15, 0.2) is 17.2 Å². The molecule has 4 aliphatic rings. The van der Waals surface area contributed by atoms with Gasteiger partial charge in [-0.2, -0.15) is 0 Å². The van der Waals surface area contributed by atoms with E-state index >= 15 is 4.39 Å². The molecule has 3 saturated carbocycles. The maximum Gasteiger partial charge on any atom is 0.470 e. The minimum absolute atomic E-state index is 0.211. The van der Waals surface area contributed by atoms with Crippen LogP contribution in [0.3, 0.4) is 0 Å². The van der Waals surface area contributed by atoms with E-state index in [0.29, 0.717) is 24.8 Å². The van der Waals surface area contributed by atoms with Gasteiger partial charge in [-0.1, -0.05) is 25.5 Å². The molecule has 0 aromatic heterocycles. The molecule has 0 bridgehead atoms. The molecule has 0 spiro atoms. The minimum Gasteiger partial charge on any atom is -0.390 e. The van der Waals surface area contributed by atoms with Gasteiger partial charge in [-0.25, -0.2) is 8.96 Å². The first-order valence-electron chi connectivity index (χ1n) is 10.9. The molecule has 0 amide bonds. The topological polar surface area (TPSA) is 141 Å². The zero-order chi connectivity index (χ0) is 23.9. The molecule has 4 N–H and O–H groups in total. The van der Waals surface area contributed by atoms with Crippen LogP contribution in [0.4, 0.5) is 4.39 Å². The first-order chi connectivity index (χ1) is 14.6. The van der Waals surface area contributed by atoms with Crippen LogP contribution < -0.4 is 0 Å². The molecule has 8 nitrogen and oxygen atoms in total. The number of ketones is 2. The van der Waals surface area contributed by atoms with Gasteiger partial charge in [-0.15, -0.1) is 0 Å². The van der Waals surface area contributed by atoms with Crippen LogP contribution in [-0.4, -0.2) is 55.5 Å². The third kappa shape index (κ3) is 2.95. The van der Waals surface area contributed by atoms with Crippen molar-refractivity contribution < 1.29 is 43.1 Å². The fourth-order valence-corrected chi connectivity index (χ4v) is 7.68. The van der Waals surface area contributed by atoms with Crippen LogP contribution in [0.15, 0.2) is 23.8 Å². The number of fused-ring (bicyclic) bond motifs is 5. The summed E-state index contributed by atoms with van der Waals surface area (Å²) in [6.07, 6.45) is 3.70. The van der Waals surface area contributed by atoms with E-state index in [1.807, 2.05) is 0 Å². The molecule has 0 aromatic rings. The SMILES string of the molecule is CC1CC2C3CCC4=CC(=O)C=CC4(C)[C@@]3(F)C(O)CC2(C)C1(O)C(=O)COP(=O)(O)O. The molecule has 178 valence electrons. The Morgan fingerprint density at radius 1 is 1.31 bits per heavy atom. The fourth-order valence-electron chi connectivity index (χ4n) is 7.39. The van der Waals surface area contributed by atoms with Crippen LogP contribution in [0, 0.1) is 28.6 Å². The Bertz CT molecular complexity index is 973. The lowest BCUT2D eigenvalue weighted by Crippen LogP contribution is -2.69. The summed E-state index contributed by atoms with van der Waals surface area (Å²) < 4.78 is 32.5. The van der Waals surface area contributed by atoms with Crippen LogP contribution in [-0.2, 0) is 18.7 Å². The lowest BCUT2D eigenvalue weighted by molar-refractivity contribution is -0.219. The number of alkyl halides is 1. The van der Waals surface area contributed by atoms with E-state index in [1.54, 1.807) is 20.8 Å². The highest BCUT2D eigenvalue weighted by Crippen LogP contribution is 2.70. The van der Waals surface area contributed by atoms with Crippen LogP contribution in [0.2, 0.25) is 0 Å². The second-order valence-electron chi connectivity index (χ2n) is 10.4. The number of hydrogen-bond donors (Lipinski definition) is 4. The number of hydrogen-bond acceptors (Lipinski definition) is 6. The second-order valence-corrected chi connectivity index (χ2v) is 11.6. The highest BCUT2D eigenvalue weighted by molar-refractivity contribution is 7.46. The van der Waals surface area contributed by atoms with Crippen molar-refractivity contribution in [1.82, 2.24) is 0 Å². The minimum atomic E-state index is -4.93. The summed E-state index contributed by atoms with van der Waals surface area (Å²) in [6.45, 7) is 4.00. The Hall–Kier alpha value is -1.22. The smallest absolute Gasteiger partial charge is 0.390 e. The summed E-state index contributed by atoms with van der Waals surface area (Å²) in [7, 11) is -4.93. The van der Waals surface area contributed by atoms with Gasteiger partial charge in [0.05, 0.1) is 6.10 Å². The Morgan fingerprint density at radius 3 is 2.59 bits per heavy atom. The number of halogens is 1. The van der Waals surface area contributed by atoms with Crippen molar-refractivity contribution in [3.05, 3.63) is 23.8 Å². The first-order valence-corrected chi connectivity index (χ1v) is 12.4. The lowest BCUT2D eigenvalue weighted by Gasteiger charge is -2.62. The highest BCUT2D eigenvalue weighted by atomic mass is 31.2. The summed E-state index contributed by atoms with van der Waals surface area (Å²) in [5, 5.41) is 22.8. The third-order valence-corrected chi connectivity index (χ3v) is 9.48. The Morgan fingerprint density at radius 2 is 1.97 bits per heavy atom. The van der Waals surface area contributed by atoms with Gasteiger partial charge >= 0.3 is 7.82 Å². The maximum atomic E-state index is 17.0. The molecular weight excluding hydrogens is 442 g/mol. The quantitative estimate of drug-likeness (QED) is 0.456. The monoisotopic (exact) mass is 472 g/mol. The zero-order valence-electron chi connectivity index (χ0n) is 18.3. The number of carbonyl (C=O) groups is 2. The molecule has 4 aliphatic carbocycles. The molecule has 0 aliphatic heterocycles. The number of aliphatic hydroxyl groups is 2. The van der Waals surface area contributed by atoms with Gasteiger partial charge in [0.1, 0.15) is 12.2 Å². The molecule has 32 heavy (non-hydrogen) atoms. The number of aliphatic hydroxyl groups excluding tert-OH is 1. The summed E-state index contributed by atoms with van der Waals surface area (Å²) in [5.41, 5.74) is -5.88. The molecule has 8 atom stereocenters. The summed E-state index contributed by atoms with van der Waals surface area (Å²) in [5.74, 6) is -2.87. The number of allylic oxidation sites excluding steroid dienone is 4. The number of phosphoric acid groups is 1. The Kier molecular flexibility index (Phi) is 5.34. The van der Waals surface area contributed by atoms with Crippen molar-refractivity contribution in [2.45, 2.75) is 63.8 Å². The predicted molar refractivity (Wildman–Crippen MR) is 111 cm³/mol. The number of phosphoric ester groups is 1. The maximum absolute atomic E-state index is 17.0. The average molecular weight is 472 g/mol. The fraction of sp³-hybridized carbons (Fsp3) is 0.727. The summed E-state index contributed by atoms with van der Waals surface area (Å²) in [6, 6.07) is 0. The van der Waals surface area contributed by atoms with E-state index in [1.165, 1.54) is 18.2 Å².